The topological polar surface area (TPSA) is 95.7 Å². The summed E-state index contributed by atoms with van der Waals surface area (Å²) in [6.07, 6.45) is 1.10. The number of rotatable bonds is 4. The summed E-state index contributed by atoms with van der Waals surface area (Å²) in [5, 5.41) is 10.5. The Labute approximate surface area is 141 Å². The Kier molecular flexibility index (Phi) is 4.24. The molecule has 9 heteroatoms. The standard InChI is InChI=1S/C15H9FN4O2S2/c16-11-3-1-2-10(6-11)14-9-23-15(19-14)20-24(21,22)13-5-4-12(7-17)18-8-13/h1-6,8-9H,(H,19,20). The number of benzene rings is 1. The van der Waals surface area contributed by atoms with Gasteiger partial charge in [-0.1, -0.05) is 12.1 Å². The Morgan fingerprint density at radius 3 is 2.75 bits per heavy atom. The van der Waals surface area contributed by atoms with Gasteiger partial charge in [-0.2, -0.15) is 5.26 Å². The summed E-state index contributed by atoms with van der Waals surface area (Å²) < 4.78 is 40.1. The molecule has 0 aliphatic carbocycles. The molecule has 3 rings (SSSR count). The summed E-state index contributed by atoms with van der Waals surface area (Å²) in [7, 11) is -3.86. The first kappa shape index (κ1) is 16.0. The number of anilines is 1. The third kappa shape index (κ3) is 3.40. The highest BCUT2D eigenvalue weighted by Gasteiger charge is 2.17. The van der Waals surface area contributed by atoms with Gasteiger partial charge in [0.15, 0.2) is 5.13 Å². The second kappa shape index (κ2) is 6.35. The highest BCUT2D eigenvalue weighted by molar-refractivity contribution is 7.93. The van der Waals surface area contributed by atoms with Crippen LogP contribution in [0.25, 0.3) is 11.3 Å². The average Bonchev–Trinajstić information content (AvgIpc) is 3.03. The molecule has 0 aliphatic heterocycles. The van der Waals surface area contributed by atoms with Gasteiger partial charge in [0.25, 0.3) is 10.0 Å². The Bertz CT molecular complexity index is 1020. The SMILES string of the molecule is N#Cc1ccc(S(=O)(=O)Nc2nc(-c3cccc(F)c3)cs2)cn1. The van der Waals surface area contributed by atoms with Crippen LogP contribution in [0, 0.1) is 17.1 Å². The summed E-state index contributed by atoms with van der Waals surface area (Å²) in [5.41, 5.74) is 1.14. The molecule has 0 atom stereocenters. The zero-order chi connectivity index (χ0) is 17.2. The number of aromatic nitrogens is 2. The molecule has 0 amide bonds. The third-order valence-corrected chi connectivity index (χ3v) is 5.22. The van der Waals surface area contributed by atoms with Crippen molar-refractivity contribution in [2.24, 2.45) is 0 Å². The van der Waals surface area contributed by atoms with E-state index in [2.05, 4.69) is 14.7 Å². The largest absolute Gasteiger partial charge is 0.265 e. The Morgan fingerprint density at radius 2 is 2.08 bits per heavy atom. The average molecular weight is 360 g/mol. The van der Waals surface area contributed by atoms with E-state index in [1.807, 2.05) is 6.07 Å². The number of nitrogens with one attached hydrogen (secondary N) is 1. The summed E-state index contributed by atoms with van der Waals surface area (Å²) in [5.74, 6) is -0.397. The number of hydrogen-bond donors (Lipinski definition) is 1. The maximum atomic E-state index is 13.2. The molecule has 1 aromatic carbocycles. The van der Waals surface area contributed by atoms with Gasteiger partial charge in [-0.25, -0.2) is 22.8 Å². The van der Waals surface area contributed by atoms with Gasteiger partial charge in [-0.05, 0) is 24.3 Å². The molecule has 120 valence electrons. The maximum Gasteiger partial charge on any atom is 0.265 e. The molecule has 0 bridgehead atoms. The van der Waals surface area contributed by atoms with Crippen LogP contribution in [0.4, 0.5) is 9.52 Å². The van der Waals surface area contributed by atoms with E-state index in [4.69, 9.17) is 5.26 Å². The fourth-order valence-corrected chi connectivity index (χ4v) is 3.80. The van der Waals surface area contributed by atoms with Gasteiger partial charge in [-0.3, -0.25) is 4.72 Å². The van der Waals surface area contributed by atoms with E-state index in [9.17, 15) is 12.8 Å². The first-order valence-electron chi connectivity index (χ1n) is 6.58. The third-order valence-electron chi connectivity index (χ3n) is 3.01. The Balaban J connectivity index is 1.84. The van der Waals surface area contributed by atoms with Gasteiger partial charge >= 0.3 is 0 Å². The van der Waals surface area contributed by atoms with E-state index in [0.717, 1.165) is 17.5 Å². The van der Waals surface area contributed by atoms with E-state index in [1.54, 1.807) is 17.5 Å². The molecular weight excluding hydrogens is 351 g/mol. The van der Waals surface area contributed by atoms with Gasteiger partial charge in [0.1, 0.15) is 22.5 Å². The van der Waals surface area contributed by atoms with Crippen molar-refractivity contribution < 1.29 is 12.8 Å². The Morgan fingerprint density at radius 1 is 1.25 bits per heavy atom. The van der Waals surface area contributed by atoms with Crippen LogP contribution in [0.1, 0.15) is 5.69 Å². The summed E-state index contributed by atoms with van der Waals surface area (Å²) in [6.45, 7) is 0. The van der Waals surface area contributed by atoms with Crippen molar-refractivity contribution >= 4 is 26.5 Å². The van der Waals surface area contributed by atoms with Crippen molar-refractivity contribution in [1.29, 1.82) is 5.26 Å². The maximum absolute atomic E-state index is 13.2. The number of nitriles is 1. The molecule has 0 radical (unpaired) electrons. The summed E-state index contributed by atoms with van der Waals surface area (Å²) in [6, 6.07) is 10.3. The number of hydrogen-bond acceptors (Lipinski definition) is 6. The minimum absolute atomic E-state index is 0.0796. The smallest absolute Gasteiger partial charge is 0.255 e. The van der Waals surface area contributed by atoms with Gasteiger partial charge in [0.2, 0.25) is 0 Å². The molecule has 1 N–H and O–H groups in total. The lowest BCUT2D eigenvalue weighted by Gasteiger charge is -2.04. The van der Waals surface area contributed by atoms with Gasteiger partial charge < -0.3 is 0 Å². The highest BCUT2D eigenvalue weighted by Crippen LogP contribution is 2.26. The second-order valence-corrected chi connectivity index (χ2v) is 7.19. The highest BCUT2D eigenvalue weighted by atomic mass is 32.2. The van der Waals surface area contributed by atoms with Crippen LogP contribution in [0.15, 0.2) is 52.9 Å². The molecular formula is C15H9FN4O2S2. The molecule has 24 heavy (non-hydrogen) atoms. The van der Waals surface area contributed by atoms with Crippen LogP contribution < -0.4 is 4.72 Å². The van der Waals surface area contributed by atoms with Crippen molar-refractivity contribution in [2.45, 2.75) is 4.90 Å². The molecule has 0 saturated carbocycles. The van der Waals surface area contributed by atoms with Crippen molar-refractivity contribution in [2.75, 3.05) is 4.72 Å². The van der Waals surface area contributed by atoms with Crippen LogP contribution in [0.5, 0.6) is 0 Å². The minimum atomic E-state index is -3.86. The summed E-state index contributed by atoms with van der Waals surface area (Å²) in [4.78, 5) is 7.80. The quantitative estimate of drug-likeness (QED) is 0.771. The first-order chi connectivity index (χ1) is 11.5. The van der Waals surface area contributed by atoms with E-state index >= 15 is 0 Å². The second-order valence-electron chi connectivity index (χ2n) is 4.64. The van der Waals surface area contributed by atoms with Crippen molar-refractivity contribution in [3.63, 3.8) is 0 Å². The number of halogens is 1. The molecule has 0 fully saturated rings. The zero-order valence-electron chi connectivity index (χ0n) is 12.0. The molecule has 0 aliphatic rings. The fourth-order valence-electron chi connectivity index (χ4n) is 1.88. The molecule has 3 aromatic rings. The minimum Gasteiger partial charge on any atom is -0.255 e. The predicted molar refractivity (Wildman–Crippen MR) is 87.3 cm³/mol. The lowest BCUT2D eigenvalue weighted by atomic mass is 10.2. The van der Waals surface area contributed by atoms with Crippen LogP contribution in [-0.2, 0) is 10.0 Å². The van der Waals surface area contributed by atoms with E-state index in [0.29, 0.717) is 11.3 Å². The zero-order valence-corrected chi connectivity index (χ0v) is 13.6. The predicted octanol–water partition coefficient (Wildman–Crippen LogP) is 3.02. The van der Waals surface area contributed by atoms with Crippen molar-refractivity contribution in [1.82, 2.24) is 9.97 Å². The van der Waals surface area contributed by atoms with Crippen molar-refractivity contribution in [3.8, 4) is 17.3 Å². The van der Waals surface area contributed by atoms with Crippen LogP contribution >= 0.6 is 11.3 Å². The fraction of sp³-hybridized carbons (Fsp3) is 0. The number of nitrogens with zero attached hydrogens (tertiary/aromatic N) is 3. The number of sulfonamides is 1. The van der Waals surface area contributed by atoms with Crippen LogP contribution in [0.3, 0.4) is 0 Å². The van der Waals surface area contributed by atoms with E-state index < -0.39 is 15.8 Å². The number of thiazole rings is 1. The lowest BCUT2D eigenvalue weighted by molar-refractivity contribution is 0.600. The lowest BCUT2D eigenvalue weighted by Crippen LogP contribution is -2.13. The van der Waals surface area contributed by atoms with Gasteiger partial charge in [-0.15, -0.1) is 11.3 Å². The van der Waals surface area contributed by atoms with Gasteiger partial charge in [0, 0.05) is 17.1 Å². The first-order valence-corrected chi connectivity index (χ1v) is 8.95. The molecule has 0 saturated heterocycles. The van der Waals surface area contributed by atoms with Crippen molar-refractivity contribution in [3.05, 3.63) is 59.5 Å². The summed E-state index contributed by atoms with van der Waals surface area (Å²) >= 11 is 1.08. The molecule has 2 aromatic heterocycles. The monoisotopic (exact) mass is 360 g/mol. The number of pyridine rings is 1. The van der Waals surface area contributed by atoms with Gasteiger partial charge in [0.05, 0.1) is 5.69 Å². The van der Waals surface area contributed by atoms with Crippen LogP contribution in [0.2, 0.25) is 0 Å². The van der Waals surface area contributed by atoms with E-state index in [1.165, 1.54) is 24.3 Å². The normalized spacial score (nSPS) is 11.0. The Hall–Kier alpha value is -2.83. The molecule has 0 spiro atoms. The molecule has 2 heterocycles. The van der Waals surface area contributed by atoms with Crippen LogP contribution in [-0.4, -0.2) is 18.4 Å². The molecule has 6 nitrogen and oxygen atoms in total. The molecule has 0 unspecified atom stereocenters. The van der Waals surface area contributed by atoms with E-state index in [-0.39, 0.29) is 15.7 Å².